The summed E-state index contributed by atoms with van der Waals surface area (Å²) in [4.78, 5) is 4.72. The van der Waals surface area contributed by atoms with Gasteiger partial charge in [-0.05, 0) is 31.5 Å². The maximum absolute atomic E-state index is 6.04. The summed E-state index contributed by atoms with van der Waals surface area (Å²) in [5.41, 5.74) is 12.2. The van der Waals surface area contributed by atoms with Crippen molar-refractivity contribution in [2.24, 2.45) is 5.73 Å². The van der Waals surface area contributed by atoms with Gasteiger partial charge in [-0.25, -0.2) is 4.98 Å². The van der Waals surface area contributed by atoms with Crippen molar-refractivity contribution in [2.75, 3.05) is 0 Å². The molecule has 2 heterocycles. The molecule has 0 aliphatic carbocycles. The monoisotopic (exact) mass is 285 g/mol. The molecule has 102 valence electrons. The first-order valence-corrected chi connectivity index (χ1v) is 6.92. The average Bonchev–Trinajstić information content (AvgIpc) is 2.78. The van der Waals surface area contributed by atoms with Gasteiger partial charge in [0.15, 0.2) is 0 Å². The van der Waals surface area contributed by atoms with Crippen LogP contribution in [0.25, 0.3) is 16.9 Å². The zero-order valence-corrected chi connectivity index (χ0v) is 12.3. The Morgan fingerprint density at radius 2 is 2.00 bits per heavy atom. The summed E-state index contributed by atoms with van der Waals surface area (Å²) in [6, 6.07) is 10.1. The molecule has 0 saturated heterocycles. The molecule has 0 aliphatic heterocycles. The van der Waals surface area contributed by atoms with E-state index in [1.54, 1.807) is 0 Å². The lowest BCUT2D eigenvalue weighted by atomic mass is 10.0. The van der Waals surface area contributed by atoms with Gasteiger partial charge in [0.05, 0.1) is 11.4 Å². The van der Waals surface area contributed by atoms with Crippen LogP contribution < -0.4 is 5.73 Å². The predicted molar refractivity (Wildman–Crippen MR) is 83.0 cm³/mol. The van der Waals surface area contributed by atoms with Crippen LogP contribution in [0.15, 0.2) is 36.5 Å². The zero-order chi connectivity index (χ0) is 14.3. The number of nitrogens with two attached hydrogens (primary N) is 1. The fraction of sp³-hybridized carbons (Fsp3) is 0.188. The van der Waals surface area contributed by atoms with Crippen molar-refractivity contribution < 1.29 is 0 Å². The maximum atomic E-state index is 6.04. The smallest absolute Gasteiger partial charge is 0.139 e. The van der Waals surface area contributed by atoms with E-state index < -0.39 is 0 Å². The number of aromatic nitrogens is 2. The summed E-state index contributed by atoms with van der Waals surface area (Å²) < 4.78 is 2.00. The first-order chi connectivity index (χ1) is 9.60. The molecule has 3 aromatic rings. The molecule has 20 heavy (non-hydrogen) atoms. The summed E-state index contributed by atoms with van der Waals surface area (Å²) in [7, 11) is 0. The van der Waals surface area contributed by atoms with Gasteiger partial charge in [-0.1, -0.05) is 29.3 Å². The minimum atomic E-state index is 0.436. The van der Waals surface area contributed by atoms with Crippen LogP contribution in [0.5, 0.6) is 0 Å². The Morgan fingerprint density at radius 1 is 1.20 bits per heavy atom. The van der Waals surface area contributed by atoms with Crippen molar-refractivity contribution in [3.63, 3.8) is 0 Å². The molecule has 1 aromatic carbocycles. The zero-order valence-electron chi connectivity index (χ0n) is 11.5. The fourth-order valence-electron chi connectivity index (χ4n) is 2.47. The average molecular weight is 286 g/mol. The minimum Gasteiger partial charge on any atom is -0.325 e. The molecule has 0 spiro atoms. The summed E-state index contributed by atoms with van der Waals surface area (Å²) in [6.45, 7) is 4.61. The molecule has 0 saturated carbocycles. The third kappa shape index (κ3) is 2.09. The number of aryl methyl sites for hydroxylation is 2. The second-order valence-corrected chi connectivity index (χ2v) is 5.44. The van der Waals surface area contributed by atoms with Gasteiger partial charge in [-0.2, -0.15) is 0 Å². The van der Waals surface area contributed by atoms with Gasteiger partial charge in [0.25, 0.3) is 0 Å². The molecule has 0 atom stereocenters. The highest BCUT2D eigenvalue weighted by Gasteiger charge is 2.14. The topological polar surface area (TPSA) is 43.3 Å². The Kier molecular flexibility index (Phi) is 3.24. The number of nitrogens with zero attached hydrogens (tertiary/aromatic N) is 2. The number of hydrogen-bond donors (Lipinski definition) is 1. The summed E-state index contributed by atoms with van der Waals surface area (Å²) in [6.07, 6.45) is 1.92. The highest BCUT2D eigenvalue weighted by Crippen LogP contribution is 2.28. The lowest BCUT2D eigenvalue weighted by molar-refractivity contribution is 0.961. The third-order valence-corrected chi connectivity index (χ3v) is 3.76. The molecule has 2 aromatic heterocycles. The fourth-order valence-corrected chi connectivity index (χ4v) is 2.63. The van der Waals surface area contributed by atoms with Crippen molar-refractivity contribution in [3.05, 3.63) is 58.4 Å². The van der Waals surface area contributed by atoms with Crippen LogP contribution in [-0.2, 0) is 6.54 Å². The van der Waals surface area contributed by atoms with Gasteiger partial charge >= 0.3 is 0 Å². The van der Waals surface area contributed by atoms with E-state index in [-0.39, 0.29) is 0 Å². The van der Waals surface area contributed by atoms with E-state index in [1.807, 2.05) is 22.7 Å². The molecule has 0 bridgehead atoms. The normalized spacial score (nSPS) is 11.2. The van der Waals surface area contributed by atoms with Crippen LogP contribution in [-0.4, -0.2) is 9.38 Å². The second-order valence-electron chi connectivity index (χ2n) is 5.00. The third-order valence-electron chi connectivity index (χ3n) is 3.53. The molecule has 3 rings (SSSR count). The highest BCUT2D eigenvalue weighted by molar-refractivity contribution is 6.30. The van der Waals surface area contributed by atoms with E-state index in [9.17, 15) is 0 Å². The standard InChI is InChI=1S/C16H16ClN3/c1-10-3-4-11(2)13(7-10)16-14(9-18)20-6-5-12(17)8-15(20)19-16/h3-8H,9,18H2,1-2H3. The summed E-state index contributed by atoms with van der Waals surface area (Å²) >= 11 is 6.04. The predicted octanol–water partition coefficient (Wildman–Crippen LogP) is 3.73. The molecule has 3 nitrogen and oxygen atoms in total. The van der Waals surface area contributed by atoms with Crippen molar-refractivity contribution in [2.45, 2.75) is 20.4 Å². The molecule has 0 amide bonds. The first-order valence-electron chi connectivity index (χ1n) is 6.54. The lowest BCUT2D eigenvalue weighted by Gasteiger charge is -2.07. The Hall–Kier alpha value is -1.84. The van der Waals surface area contributed by atoms with Gasteiger partial charge < -0.3 is 10.1 Å². The molecule has 4 heteroatoms. The number of fused-ring (bicyclic) bond motifs is 1. The van der Waals surface area contributed by atoms with Crippen LogP contribution in [0.4, 0.5) is 0 Å². The first kappa shape index (κ1) is 13.2. The SMILES string of the molecule is Cc1ccc(C)c(-c2nc3cc(Cl)ccn3c2CN)c1. The molecule has 0 radical (unpaired) electrons. The molecule has 0 unspecified atom stereocenters. The number of hydrogen-bond acceptors (Lipinski definition) is 2. The van der Waals surface area contributed by atoms with E-state index in [1.165, 1.54) is 11.1 Å². The number of pyridine rings is 1. The van der Waals surface area contributed by atoms with Crippen molar-refractivity contribution in [1.82, 2.24) is 9.38 Å². The van der Waals surface area contributed by atoms with Crippen molar-refractivity contribution >= 4 is 17.2 Å². The van der Waals surface area contributed by atoms with E-state index in [4.69, 9.17) is 22.3 Å². The molecular weight excluding hydrogens is 270 g/mol. The van der Waals surface area contributed by atoms with Gasteiger partial charge in [0.2, 0.25) is 0 Å². The number of benzene rings is 1. The van der Waals surface area contributed by atoms with E-state index in [0.717, 1.165) is 22.6 Å². The van der Waals surface area contributed by atoms with E-state index in [0.29, 0.717) is 11.6 Å². The Bertz CT molecular complexity index is 790. The highest BCUT2D eigenvalue weighted by atomic mass is 35.5. The van der Waals surface area contributed by atoms with Gasteiger partial charge in [0.1, 0.15) is 5.65 Å². The van der Waals surface area contributed by atoms with Crippen molar-refractivity contribution in [3.8, 4) is 11.3 Å². The lowest BCUT2D eigenvalue weighted by Crippen LogP contribution is -2.02. The quantitative estimate of drug-likeness (QED) is 0.779. The Morgan fingerprint density at radius 3 is 2.75 bits per heavy atom. The van der Waals surface area contributed by atoms with Crippen LogP contribution in [0.2, 0.25) is 5.02 Å². The van der Waals surface area contributed by atoms with Gasteiger partial charge in [-0.3, -0.25) is 0 Å². The van der Waals surface area contributed by atoms with Gasteiger partial charge in [0, 0.05) is 29.4 Å². The molecule has 0 fully saturated rings. The summed E-state index contributed by atoms with van der Waals surface area (Å²) in [5.74, 6) is 0. The summed E-state index contributed by atoms with van der Waals surface area (Å²) in [5, 5.41) is 0.679. The maximum Gasteiger partial charge on any atom is 0.139 e. The van der Waals surface area contributed by atoms with E-state index >= 15 is 0 Å². The second kappa shape index (κ2) is 4.93. The molecule has 0 aliphatic rings. The minimum absolute atomic E-state index is 0.436. The molecule has 2 N–H and O–H groups in total. The Balaban J connectivity index is 2.32. The number of imidazole rings is 1. The van der Waals surface area contributed by atoms with Crippen LogP contribution >= 0.6 is 11.6 Å². The Labute approximate surface area is 123 Å². The van der Waals surface area contributed by atoms with Crippen molar-refractivity contribution in [1.29, 1.82) is 0 Å². The van der Waals surface area contributed by atoms with Crippen LogP contribution in [0.1, 0.15) is 16.8 Å². The molecular formula is C16H16ClN3. The van der Waals surface area contributed by atoms with Crippen LogP contribution in [0.3, 0.4) is 0 Å². The van der Waals surface area contributed by atoms with Gasteiger partial charge in [-0.15, -0.1) is 0 Å². The van der Waals surface area contributed by atoms with Crippen LogP contribution in [0, 0.1) is 13.8 Å². The van der Waals surface area contributed by atoms with E-state index in [2.05, 4.69) is 32.0 Å². The number of rotatable bonds is 2. The largest absolute Gasteiger partial charge is 0.325 e. The number of halogens is 1.